The first-order chi connectivity index (χ1) is 9.34. The molecular formula is C15H19N3O. The Bertz CT molecular complexity index is 542. The van der Waals surface area contributed by atoms with Crippen LogP contribution in [0.5, 0.6) is 0 Å². The number of aryl methyl sites for hydroxylation is 1. The molecule has 100 valence electrons. The Labute approximate surface area is 113 Å². The van der Waals surface area contributed by atoms with E-state index in [1.807, 2.05) is 18.2 Å². The number of hydrogen-bond donors (Lipinski definition) is 1. The monoisotopic (exact) mass is 257 g/mol. The van der Waals surface area contributed by atoms with Gasteiger partial charge in [-0.15, -0.1) is 0 Å². The van der Waals surface area contributed by atoms with Gasteiger partial charge in [-0.25, -0.2) is 0 Å². The van der Waals surface area contributed by atoms with Crippen LogP contribution in [-0.2, 0) is 0 Å². The van der Waals surface area contributed by atoms with Crippen molar-refractivity contribution in [3.63, 3.8) is 0 Å². The number of hydrogen-bond acceptors (Lipinski definition) is 4. The molecule has 1 unspecified atom stereocenters. The molecule has 0 spiro atoms. The van der Waals surface area contributed by atoms with Gasteiger partial charge in [0.05, 0.1) is 6.04 Å². The minimum atomic E-state index is 0.240. The van der Waals surface area contributed by atoms with Gasteiger partial charge in [0.25, 0.3) is 5.89 Å². The van der Waals surface area contributed by atoms with Crippen LogP contribution < -0.4 is 5.32 Å². The van der Waals surface area contributed by atoms with Gasteiger partial charge in [-0.2, -0.15) is 4.98 Å². The van der Waals surface area contributed by atoms with Crippen molar-refractivity contribution >= 4 is 0 Å². The first-order valence-corrected chi connectivity index (χ1v) is 6.97. The Morgan fingerprint density at radius 3 is 3.00 bits per heavy atom. The van der Waals surface area contributed by atoms with Gasteiger partial charge in [0.1, 0.15) is 0 Å². The molecule has 2 heterocycles. The Morgan fingerprint density at radius 1 is 1.21 bits per heavy atom. The number of nitrogens with zero attached hydrogens (tertiary/aromatic N) is 2. The Balaban J connectivity index is 1.85. The van der Waals surface area contributed by atoms with Gasteiger partial charge in [0.2, 0.25) is 0 Å². The van der Waals surface area contributed by atoms with E-state index in [2.05, 4.69) is 28.4 Å². The summed E-state index contributed by atoms with van der Waals surface area (Å²) in [5.41, 5.74) is 2.18. The van der Waals surface area contributed by atoms with E-state index in [9.17, 15) is 0 Å². The Morgan fingerprint density at radius 2 is 2.11 bits per heavy atom. The van der Waals surface area contributed by atoms with Gasteiger partial charge in [0.15, 0.2) is 5.82 Å². The van der Waals surface area contributed by atoms with Crippen molar-refractivity contribution < 1.29 is 4.52 Å². The fraction of sp³-hybridized carbons (Fsp3) is 0.467. The fourth-order valence-electron chi connectivity index (χ4n) is 2.55. The highest BCUT2D eigenvalue weighted by Crippen LogP contribution is 2.25. The molecule has 1 aliphatic heterocycles. The van der Waals surface area contributed by atoms with Crippen LogP contribution in [0.4, 0.5) is 0 Å². The summed E-state index contributed by atoms with van der Waals surface area (Å²) in [6, 6.07) is 8.33. The summed E-state index contributed by atoms with van der Waals surface area (Å²) in [6.07, 6.45) is 4.84. The minimum Gasteiger partial charge on any atom is -0.334 e. The lowest BCUT2D eigenvalue weighted by molar-refractivity contribution is 0.402. The van der Waals surface area contributed by atoms with E-state index in [0.717, 1.165) is 29.9 Å². The van der Waals surface area contributed by atoms with E-state index in [1.54, 1.807) is 0 Å². The van der Waals surface area contributed by atoms with E-state index in [-0.39, 0.29) is 6.04 Å². The molecule has 4 heteroatoms. The summed E-state index contributed by atoms with van der Waals surface area (Å²) in [7, 11) is 0. The van der Waals surface area contributed by atoms with E-state index >= 15 is 0 Å². The number of benzene rings is 1. The zero-order valence-electron chi connectivity index (χ0n) is 11.2. The van der Waals surface area contributed by atoms with Gasteiger partial charge in [0, 0.05) is 5.56 Å². The number of rotatable bonds is 2. The third kappa shape index (κ3) is 2.68. The highest BCUT2D eigenvalue weighted by Gasteiger charge is 2.20. The van der Waals surface area contributed by atoms with Crippen molar-refractivity contribution in [1.82, 2.24) is 15.5 Å². The fourth-order valence-corrected chi connectivity index (χ4v) is 2.55. The first-order valence-electron chi connectivity index (χ1n) is 6.97. The molecule has 0 radical (unpaired) electrons. The van der Waals surface area contributed by atoms with Crippen LogP contribution in [0.15, 0.2) is 28.8 Å². The SMILES string of the molecule is Cc1ccccc1-c1nc(C2CCCCCN2)no1. The van der Waals surface area contributed by atoms with Crippen LogP contribution in [0.1, 0.15) is 43.1 Å². The number of aromatic nitrogens is 2. The lowest BCUT2D eigenvalue weighted by Crippen LogP contribution is -2.21. The van der Waals surface area contributed by atoms with E-state index in [1.165, 1.54) is 19.3 Å². The third-order valence-electron chi connectivity index (χ3n) is 3.69. The van der Waals surface area contributed by atoms with E-state index < -0.39 is 0 Å². The highest BCUT2D eigenvalue weighted by atomic mass is 16.5. The maximum atomic E-state index is 5.42. The van der Waals surface area contributed by atoms with Crippen LogP contribution >= 0.6 is 0 Å². The molecule has 1 saturated heterocycles. The van der Waals surface area contributed by atoms with Crippen molar-refractivity contribution in [2.24, 2.45) is 0 Å². The standard InChI is InChI=1S/C15H19N3O/c1-11-7-4-5-8-12(11)15-17-14(18-19-15)13-9-3-2-6-10-16-13/h4-5,7-8,13,16H,2-3,6,9-10H2,1H3. The maximum Gasteiger partial charge on any atom is 0.258 e. The average molecular weight is 257 g/mol. The predicted octanol–water partition coefficient (Wildman–Crippen LogP) is 3.25. The smallest absolute Gasteiger partial charge is 0.258 e. The Hall–Kier alpha value is -1.68. The lowest BCUT2D eigenvalue weighted by atomic mass is 10.1. The van der Waals surface area contributed by atoms with Crippen molar-refractivity contribution in [1.29, 1.82) is 0 Å². The quantitative estimate of drug-likeness (QED) is 0.897. The molecule has 1 fully saturated rings. The molecule has 0 saturated carbocycles. The summed E-state index contributed by atoms with van der Waals surface area (Å²) in [4.78, 5) is 4.57. The predicted molar refractivity (Wildman–Crippen MR) is 73.7 cm³/mol. The molecule has 0 bridgehead atoms. The molecular weight excluding hydrogens is 238 g/mol. The van der Waals surface area contributed by atoms with Crippen LogP contribution in [0.25, 0.3) is 11.5 Å². The second-order valence-corrected chi connectivity index (χ2v) is 5.13. The topological polar surface area (TPSA) is 51.0 Å². The van der Waals surface area contributed by atoms with Crippen LogP contribution in [0.2, 0.25) is 0 Å². The maximum absolute atomic E-state index is 5.42. The average Bonchev–Trinajstić information content (AvgIpc) is 2.75. The van der Waals surface area contributed by atoms with Gasteiger partial charge >= 0.3 is 0 Å². The lowest BCUT2D eigenvalue weighted by Gasteiger charge is -2.09. The summed E-state index contributed by atoms with van der Waals surface area (Å²) in [5.74, 6) is 1.42. The van der Waals surface area contributed by atoms with Crippen molar-refractivity contribution in [3.8, 4) is 11.5 Å². The third-order valence-corrected chi connectivity index (χ3v) is 3.69. The van der Waals surface area contributed by atoms with E-state index in [0.29, 0.717) is 5.89 Å². The zero-order chi connectivity index (χ0) is 13.1. The van der Waals surface area contributed by atoms with Gasteiger partial charge < -0.3 is 9.84 Å². The molecule has 0 aliphatic carbocycles. The van der Waals surface area contributed by atoms with Gasteiger partial charge in [-0.3, -0.25) is 0 Å². The molecule has 4 nitrogen and oxygen atoms in total. The zero-order valence-corrected chi connectivity index (χ0v) is 11.2. The molecule has 2 aromatic rings. The molecule has 0 amide bonds. The van der Waals surface area contributed by atoms with Crippen LogP contribution in [-0.4, -0.2) is 16.7 Å². The summed E-state index contributed by atoms with van der Waals surface area (Å²) in [6.45, 7) is 3.10. The van der Waals surface area contributed by atoms with Crippen LogP contribution in [0, 0.1) is 6.92 Å². The summed E-state index contributed by atoms with van der Waals surface area (Å²) >= 11 is 0. The minimum absolute atomic E-state index is 0.240. The summed E-state index contributed by atoms with van der Waals surface area (Å²) in [5, 5.41) is 7.64. The molecule has 3 rings (SSSR count). The normalized spacial score (nSPS) is 20.2. The molecule has 1 N–H and O–H groups in total. The molecule has 1 atom stereocenters. The summed E-state index contributed by atoms with van der Waals surface area (Å²) < 4.78 is 5.42. The van der Waals surface area contributed by atoms with Gasteiger partial charge in [-0.05, 0) is 37.9 Å². The van der Waals surface area contributed by atoms with Crippen molar-refractivity contribution in [3.05, 3.63) is 35.7 Å². The first kappa shape index (κ1) is 12.4. The second-order valence-electron chi connectivity index (χ2n) is 5.13. The number of nitrogens with one attached hydrogen (secondary N) is 1. The molecule has 1 aromatic carbocycles. The van der Waals surface area contributed by atoms with Crippen molar-refractivity contribution in [2.45, 2.75) is 38.6 Å². The van der Waals surface area contributed by atoms with Gasteiger partial charge in [-0.1, -0.05) is 36.2 Å². The van der Waals surface area contributed by atoms with Crippen LogP contribution in [0.3, 0.4) is 0 Å². The highest BCUT2D eigenvalue weighted by molar-refractivity contribution is 5.57. The molecule has 1 aromatic heterocycles. The molecule has 19 heavy (non-hydrogen) atoms. The van der Waals surface area contributed by atoms with E-state index in [4.69, 9.17) is 4.52 Å². The Kier molecular flexibility index (Phi) is 3.60. The molecule has 1 aliphatic rings. The largest absolute Gasteiger partial charge is 0.334 e. The van der Waals surface area contributed by atoms with Crippen molar-refractivity contribution in [2.75, 3.05) is 6.54 Å². The second kappa shape index (κ2) is 5.53.